The fourth-order valence-electron chi connectivity index (χ4n) is 2.27. The quantitative estimate of drug-likeness (QED) is 0.725. The van der Waals surface area contributed by atoms with Gasteiger partial charge in [-0.25, -0.2) is 0 Å². The molecule has 0 aromatic heterocycles. The Morgan fingerprint density at radius 2 is 1.53 bits per heavy atom. The Labute approximate surface area is 104 Å². The van der Waals surface area contributed by atoms with Gasteiger partial charge in [0.15, 0.2) is 0 Å². The van der Waals surface area contributed by atoms with Crippen molar-refractivity contribution in [1.29, 1.82) is 0 Å². The van der Waals surface area contributed by atoms with Crippen molar-refractivity contribution in [2.75, 3.05) is 0 Å². The topological polar surface area (TPSA) is 0 Å². The molecular formula is C17H20. The first-order valence-corrected chi connectivity index (χ1v) is 6.27. The van der Waals surface area contributed by atoms with Gasteiger partial charge >= 0.3 is 0 Å². The van der Waals surface area contributed by atoms with Crippen molar-refractivity contribution in [3.8, 4) is 0 Å². The fourth-order valence-corrected chi connectivity index (χ4v) is 2.27. The average molecular weight is 224 g/mol. The zero-order chi connectivity index (χ0) is 12.3. The molecule has 0 N–H and O–H groups in total. The molecule has 0 aliphatic heterocycles. The maximum atomic E-state index is 2.28. The molecule has 0 heterocycles. The highest BCUT2D eigenvalue weighted by molar-refractivity contribution is 5.31. The van der Waals surface area contributed by atoms with E-state index >= 15 is 0 Å². The van der Waals surface area contributed by atoms with E-state index in [1.54, 1.807) is 0 Å². The van der Waals surface area contributed by atoms with Crippen LogP contribution in [0.25, 0.3) is 0 Å². The van der Waals surface area contributed by atoms with Gasteiger partial charge in [0.2, 0.25) is 0 Å². The maximum Gasteiger partial charge on any atom is -0.0236 e. The van der Waals surface area contributed by atoms with Gasteiger partial charge < -0.3 is 0 Å². The molecule has 0 nitrogen and oxygen atoms in total. The Hall–Kier alpha value is -1.56. The molecule has 2 rings (SSSR count). The van der Waals surface area contributed by atoms with Crippen molar-refractivity contribution in [1.82, 2.24) is 0 Å². The van der Waals surface area contributed by atoms with E-state index in [2.05, 4.69) is 63.2 Å². The van der Waals surface area contributed by atoms with Gasteiger partial charge in [0, 0.05) is 0 Å². The SMILES string of the molecule is Cc1cccc(CCc2ccc(C)cc2C)c1. The van der Waals surface area contributed by atoms with Gasteiger partial charge in [-0.3, -0.25) is 0 Å². The molecule has 0 aliphatic carbocycles. The van der Waals surface area contributed by atoms with Gasteiger partial charge in [0.05, 0.1) is 0 Å². The third-order valence-corrected chi connectivity index (χ3v) is 3.26. The van der Waals surface area contributed by atoms with Gasteiger partial charge in [-0.15, -0.1) is 0 Å². The summed E-state index contributed by atoms with van der Waals surface area (Å²) in [6.07, 6.45) is 2.27. The minimum Gasteiger partial charge on any atom is -0.0617 e. The van der Waals surface area contributed by atoms with Crippen LogP contribution in [-0.2, 0) is 12.8 Å². The minimum absolute atomic E-state index is 1.13. The zero-order valence-electron chi connectivity index (χ0n) is 11.0. The lowest BCUT2D eigenvalue weighted by Gasteiger charge is -2.07. The lowest BCUT2D eigenvalue weighted by Crippen LogP contribution is -1.95. The highest BCUT2D eigenvalue weighted by Gasteiger charge is 2.00. The van der Waals surface area contributed by atoms with Crippen LogP contribution in [0.4, 0.5) is 0 Å². The van der Waals surface area contributed by atoms with Gasteiger partial charge in [-0.1, -0.05) is 53.6 Å². The summed E-state index contributed by atoms with van der Waals surface area (Å²) in [7, 11) is 0. The van der Waals surface area contributed by atoms with Gasteiger partial charge in [-0.05, 0) is 50.3 Å². The normalized spacial score (nSPS) is 10.5. The largest absolute Gasteiger partial charge is 0.0617 e. The van der Waals surface area contributed by atoms with Crippen LogP contribution in [0.2, 0.25) is 0 Å². The Kier molecular flexibility index (Phi) is 3.63. The zero-order valence-corrected chi connectivity index (χ0v) is 11.0. The molecule has 0 unspecified atom stereocenters. The summed E-state index contributed by atoms with van der Waals surface area (Å²) < 4.78 is 0. The first-order valence-electron chi connectivity index (χ1n) is 6.27. The molecule has 88 valence electrons. The number of rotatable bonds is 3. The Morgan fingerprint density at radius 3 is 2.24 bits per heavy atom. The minimum atomic E-state index is 1.13. The molecule has 0 saturated carbocycles. The Morgan fingerprint density at radius 1 is 0.765 bits per heavy atom. The molecule has 2 aromatic rings. The van der Waals surface area contributed by atoms with Crippen LogP contribution in [0.15, 0.2) is 42.5 Å². The Bertz CT molecular complexity index is 509. The van der Waals surface area contributed by atoms with Gasteiger partial charge in [-0.2, -0.15) is 0 Å². The maximum absolute atomic E-state index is 2.28. The third kappa shape index (κ3) is 3.20. The molecule has 0 amide bonds. The van der Waals surface area contributed by atoms with E-state index in [9.17, 15) is 0 Å². The predicted octanol–water partition coefficient (Wildman–Crippen LogP) is 4.40. The molecule has 0 fully saturated rings. The van der Waals surface area contributed by atoms with Crippen LogP contribution >= 0.6 is 0 Å². The number of aryl methyl sites for hydroxylation is 5. The van der Waals surface area contributed by atoms with Crippen LogP contribution in [-0.4, -0.2) is 0 Å². The van der Waals surface area contributed by atoms with E-state index in [1.807, 2.05) is 0 Å². The molecule has 0 bridgehead atoms. The summed E-state index contributed by atoms with van der Waals surface area (Å²) >= 11 is 0. The second kappa shape index (κ2) is 5.18. The van der Waals surface area contributed by atoms with Crippen LogP contribution in [0.5, 0.6) is 0 Å². The monoisotopic (exact) mass is 224 g/mol. The standard InChI is InChI=1S/C17H20/c1-13-5-4-6-16(12-13)8-10-17-9-7-14(2)11-15(17)3/h4-7,9,11-12H,8,10H2,1-3H3. The van der Waals surface area contributed by atoms with E-state index in [0.717, 1.165) is 12.8 Å². The van der Waals surface area contributed by atoms with Crippen molar-refractivity contribution in [3.05, 3.63) is 70.3 Å². The highest BCUT2D eigenvalue weighted by Crippen LogP contribution is 2.14. The molecule has 0 atom stereocenters. The summed E-state index contributed by atoms with van der Waals surface area (Å²) in [6, 6.07) is 15.5. The summed E-state index contributed by atoms with van der Waals surface area (Å²) in [6.45, 7) is 6.51. The van der Waals surface area contributed by atoms with E-state index in [4.69, 9.17) is 0 Å². The fraction of sp³-hybridized carbons (Fsp3) is 0.294. The van der Waals surface area contributed by atoms with E-state index < -0.39 is 0 Å². The van der Waals surface area contributed by atoms with E-state index in [1.165, 1.54) is 27.8 Å². The van der Waals surface area contributed by atoms with Gasteiger partial charge in [0.25, 0.3) is 0 Å². The molecular weight excluding hydrogens is 204 g/mol. The highest BCUT2D eigenvalue weighted by atomic mass is 14.1. The molecule has 0 radical (unpaired) electrons. The number of hydrogen-bond donors (Lipinski definition) is 0. The average Bonchev–Trinajstić information content (AvgIpc) is 2.28. The number of hydrogen-bond acceptors (Lipinski definition) is 0. The van der Waals surface area contributed by atoms with Gasteiger partial charge in [0.1, 0.15) is 0 Å². The molecule has 0 spiro atoms. The van der Waals surface area contributed by atoms with Crippen LogP contribution in [0.3, 0.4) is 0 Å². The van der Waals surface area contributed by atoms with Crippen LogP contribution in [0.1, 0.15) is 27.8 Å². The second-order valence-electron chi connectivity index (χ2n) is 4.92. The lowest BCUT2D eigenvalue weighted by atomic mass is 9.98. The summed E-state index contributed by atoms with van der Waals surface area (Å²) in [5.74, 6) is 0. The summed E-state index contributed by atoms with van der Waals surface area (Å²) in [4.78, 5) is 0. The van der Waals surface area contributed by atoms with Crippen molar-refractivity contribution in [2.24, 2.45) is 0 Å². The second-order valence-corrected chi connectivity index (χ2v) is 4.92. The summed E-state index contributed by atoms with van der Waals surface area (Å²) in [5, 5.41) is 0. The molecule has 17 heavy (non-hydrogen) atoms. The molecule has 0 aliphatic rings. The first kappa shape index (κ1) is 11.9. The predicted molar refractivity (Wildman–Crippen MR) is 74.5 cm³/mol. The van der Waals surface area contributed by atoms with Crippen molar-refractivity contribution in [2.45, 2.75) is 33.6 Å². The van der Waals surface area contributed by atoms with Crippen molar-refractivity contribution < 1.29 is 0 Å². The van der Waals surface area contributed by atoms with E-state index in [0.29, 0.717) is 0 Å². The third-order valence-electron chi connectivity index (χ3n) is 3.26. The lowest BCUT2D eigenvalue weighted by molar-refractivity contribution is 0.946. The molecule has 0 heteroatoms. The molecule has 0 saturated heterocycles. The van der Waals surface area contributed by atoms with Crippen LogP contribution in [0, 0.1) is 20.8 Å². The molecule has 2 aromatic carbocycles. The smallest absolute Gasteiger partial charge is 0.0236 e. The first-order chi connectivity index (χ1) is 8.15. The van der Waals surface area contributed by atoms with E-state index in [-0.39, 0.29) is 0 Å². The number of benzene rings is 2. The van der Waals surface area contributed by atoms with Crippen molar-refractivity contribution >= 4 is 0 Å². The van der Waals surface area contributed by atoms with Crippen LogP contribution < -0.4 is 0 Å². The summed E-state index contributed by atoms with van der Waals surface area (Å²) in [5.41, 5.74) is 7.02. The van der Waals surface area contributed by atoms with Crippen molar-refractivity contribution in [3.63, 3.8) is 0 Å². The Balaban J connectivity index is 2.07.